The maximum absolute atomic E-state index is 11.4. The Morgan fingerprint density at radius 1 is 0.800 bits per heavy atom. The van der Waals surface area contributed by atoms with Gasteiger partial charge in [-0.15, -0.1) is 0 Å². The van der Waals surface area contributed by atoms with Gasteiger partial charge in [0.05, 0.1) is 17.1 Å². The summed E-state index contributed by atoms with van der Waals surface area (Å²) in [5, 5.41) is -0.364. The second-order valence-electron chi connectivity index (χ2n) is 6.24. The van der Waals surface area contributed by atoms with E-state index in [0.717, 1.165) is 17.0 Å². The van der Waals surface area contributed by atoms with E-state index in [-0.39, 0.29) is 5.03 Å². The first-order valence-electron chi connectivity index (χ1n) is 7.76. The van der Waals surface area contributed by atoms with Crippen LogP contribution in [0.15, 0.2) is 71.8 Å². The lowest BCUT2D eigenvalue weighted by Crippen LogP contribution is -2.23. The summed E-state index contributed by atoms with van der Waals surface area (Å²) in [4.78, 5) is 8.85. The van der Waals surface area contributed by atoms with E-state index in [1.807, 2.05) is 62.4 Å². The van der Waals surface area contributed by atoms with Gasteiger partial charge in [0, 0.05) is 11.0 Å². The summed E-state index contributed by atoms with van der Waals surface area (Å²) < 4.78 is 32.0. The Labute approximate surface area is 147 Å². The third-order valence-electron chi connectivity index (χ3n) is 4.09. The normalized spacial score (nSPS) is 12.1. The first kappa shape index (κ1) is 17.3. The second kappa shape index (κ2) is 6.38. The van der Waals surface area contributed by atoms with Crippen molar-refractivity contribution in [3.05, 3.63) is 78.1 Å². The first-order chi connectivity index (χ1) is 11.8. The van der Waals surface area contributed by atoms with Crippen molar-refractivity contribution in [2.24, 2.45) is 0 Å². The van der Waals surface area contributed by atoms with E-state index < -0.39 is 15.5 Å². The molecule has 0 amide bonds. The van der Waals surface area contributed by atoms with Crippen molar-refractivity contribution in [1.29, 1.82) is 0 Å². The van der Waals surface area contributed by atoms with Gasteiger partial charge in [-0.2, -0.15) is 8.42 Å². The Bertz CT molecular complexity index is 1000. The Kier molecular flexibility index (Phi) is 4.41. The highest BCUT2D eigenvalue weighted by molar-refractivity contribution is 7.85. The van der Waals surface area contributed by atoms with Crippen molar-refractivity contribution in [2.45, 2.75) is 24.3 Å². The largest absolute Gasteiger partial charge is 0.312 e. The fourth-order valence-electron chi connectivity index (χ4n) is 2.59. The smallest absolute Gasteiger partial charge is 0.281 e. The summed E-state index contributed by atoms with van der Waals surface area (Å²) in [7, 11) is -4.35. The number of rotatable bonds is 4. The molecule has 128 valence electrons. The number of hydrogen-bond acceptors (Lipinski definition) is 4. The maximum atomic E-state index is 11.4. The van der Waals surface area contributed by atoms with Crippen LogP contribution >= 0.6 is 0 Å². The third-order valence-corrected chi connectivity index (χ3v) is 4.84. The van der Waals surface area contributed by atoms with Crippen LogP contribution in [0.5, 0.6) is 0 Å². The zero-order chi connectivity index (χ0) is 18.1. The highest BCUT2D eigenvalue weighted by Crippen LogP contribution is 2.30. The molecule has 0 aliphatic heterocycles. The zero-order valence-corrected chi connectivity index (χ0v) is 14.7. The van der Waals surface area contributed by atoms with Crippen LogP contribution in [0.4, 0.5) is 0 Å². The van der Waals surface area contributed by atoms with Gasteiger partial charge < -0.3 is 0 Å². The summed E-state index contributed by atoms with van der Waals surface area (Å²) in [5.74, 6) is 0. The Morgan fingerprint density at radius 2 is 1.40 bits per heavy atom. The molecule has 6 heteroatoms. The predicted octanol–water partition coefficient (Wildman–Crippen LogP) is 3.72. The van der Waals surface area contributed by atoms with Gasteiger partial charge in [0.15, 0.2) is 5.03 Å². The molecule has 3 rings (SSSR count). The van der Waals surface area contributed by atoms with Gasteiger partial charge >= 0.3 is 10.1 Å². The van der Waals surface area contributed by atoms with Crippen LogP contribution in [0, 0.1) is 0 Å². The van der Waals surface area contributed by atoms with E-state index in [1.54, 1.807) is 12.1 Å². The predicted molar refractivity (Wildman–Crippen MR) is 95.9 cm³/mol. The standard InChI is InChI=1S/C19H18N2O3S/c1-19(2,17-12-7-13-18(21-17)25(22,23)24)16-11-6-10-15(20-16)14-8-4-3-5-9-14/h3-13H,1-2H3,(H,22,23,24). The summed E-state index contributed by atoms with van der Waals surface area (Å²) in [6.45, 7) is 3.83. The topological polar surface area (TPSA) is 80.2 Å². The highest BCUT2D eigenvalue weighted by Gasteiger charge is 2.28. The van der Waals surface area contributed by atoms with E-state index in [2.05, 4.69) is 4.98 Å². The molecule has 0 radical (unpaired) electrons. The van der Waals surface area contributed by atoms with Gasteiger partial charge in [0.1, 0.15) is 0 Å². The molecule has 2 aromatic heterocycles. The van der Waals surface area contributed by atoms with E-state index in [4.69, 9.17) is 4.98 Å². The molecule has 0 aliphatic rings. The SMILES string of the molecule is CC(C)(c1cccc(-c2ccccc2)n1)c1cccc(S(=O)(=O)O)n1. The minimum Gasteiger partial charge on any atom is -0.281 e. The summed E-state index contributed by atoms with van der Waals surface area (Å²) in [6.07, 6.45) is 0. The molecule has 2 heterocycles. The lowest BCUT2D eigenvalue weighted by molar-refractivity contribution is 0.477. The third kappa shape index (κ3) is 3.60. The van der Waals surface area contributed by atoms with Crippen LogP contribution in [0.25, 0.3) is 11.3 Å². The number of pyridine rings is 2. The average molecular weight is 354 g/mol. The van der Waals surface area contributed by atoms with Crippen molar-refractivity contribution in [3.63, 3.8) is 0 Å². The molecule has 0 bridgehead atoms. The summed E-state index contributed by atoms with van der Waals surface area (Å²) in [5.41, 5.74) is 2.47. The number of hydrogen-bond donors (Lipinski definition) is 1. The van der Waals surface area contributed by atoms with E-state index in [1.165, 1.54) is 6.07 Å². The van der Waals surface area contributed by atoms with Crippen LogP contribution in [0.2, 0.25) is 0 Å². The van der Waals surface area contributed by atoms with Crippen LogP contribution in [-0.4, -0.2) is 22.9 Å². The van der Waals surface area contributed by atoms with E-state index in [0.29, 0.717) is 5.69 Å². The summed E-state index contributed by atoms with van der Waals surface area (Å²) in [6, 6.07) is 20.1. The minimum absolute atomic E-state index is 0.364. The molecule has 1 aromatic carbocycles. The summed E-state index contributed by atoms with van der Waals surface area (Å²) >= 11 is 0. The lowest BCUT2D eigenvalue weighted by atomic mass is 9.84. The maximum Gasteiger partial charge on any atom is 0.312 e. The van der Waals surface area contributed by atoms with Gasteiger partial charge in [-0.1, -0.05) is 42.5 Å². The zero-order valence-electron chi connectivity index (χ0n) is 13.9. The first-order valence-corrected chi connectivity index (χ1v) is 9.20. The highest BCUT2D eigenvalue weighted by atomic mass is 32.2. The van der Waals surface area contributed by atoms with Gasteiger partial charge in [-0.05, 0) is 38.1 Å². The molecule has 1 N–H and O–H groups in total. The van der Waals surface area contributed by atoms with Crippen molar-refractivity contribution in [3.8, 4) is 11.3 Å². The van der Waals surface area contributed by atoms with Crippen molar-refractivity contribution in [1.82, 2.24) is 9.97 Å². The van der Waals surface area contributed by atoms with Gasteiger partial charge in [-0.25, -0.2) is 4.98 Å². The molecule has 0 atom stereocenters. The molecule has 0 spiro atoms. The molecule has 0 fully saturated rings. The molecule has 5 nitrogen and oxygen atoms in total. The quantitative estimate of drug-likeness (QED) is 0.722. The molecule has 3 aromatic rings. The molecule has 0 unspecified atom stereocenters. The van der Waals surface area contributed by atoms with Gasteiger partial charge in [0.25, 0.3) is 0 Å². The van der Waals surface area contributed by atoms with Crippen LogP contribution in [0.1, 0.15) is 25.2 Å². The molecule has 25 heavy (non-hydrogen) atoms. The van der Waals surface area contributed by atoms with Crippen LogP contribution in [0.3, 0.4) is 0 Å². The Hall–Kier alpha value is -2.57. The molecular formula is C19H18N2O3S. The van der Waals surface area contributed by atoms with E-state index in [9.17, 15) is 13.0 Å². The molecule has 0 saturated heterocycles. The number of aromatic nitrogens is 2. The monoisotopic (exact) mass is 354 g/mol. The van der Waals surface area contributed by atoms with Crippen LogP contribution < -0.4 is 0 Å². The minimum atomic E-state index is -4.35. The average Bonchev–Trinajstić information content (AvgIpc) is 2.62. The van der Waals surface area contributed by atoms with Crippen molar-refractivity contribution in [2.75, 3.05) is 0 Å². The Morgan fingerprint density at radius 3 is 2.04 bits per heavy atom. The lowest BCUT2D eigenvalue weighted by Gasteiger charge is -2.24. The molecule has 0 aliphatic carbocycles. The number of nitrogens with zero attached hydrogens (tertiary/aromatic N) is 2. The van der Waals surface area contributed by atoms with Gasteiger partial charge in [0.2, 0.25) is 0 Å². The van der Waals surface area contributed by atoms with Gasteiger partial charge in [-0.3, -0.25) is 9.54 Å². The second-order valence-corrected chi connectivity index (χ2v) is 7.60. The van der Waals surface area contributed by atoms with Crippen molar-refractivity contribution < 1.29 is 13.0 Å². The number of benzene rings is 1. The fourth-order valence-corrected chi connectivity index (χ4v) is 3.05. The Balaban J connectivity index is 2.07. The van der Waals surface area contributed by atoms with E-state index >= 15 is 0 Å². The van der Waals surface area contributed by atoms with Crippen molar-refractivity contribution >= 4 is 10.1 Å². The fraction of sp³-hybridized carbons (Fsp3) is 0.158. The molecular weight excluding hydrogens is 336 g/mol. The molecule has 0 saturated carbocycles. The van der Waals surface area contributed by atoms with Crippen LogP contribution in [-0.2, 0) is 15.5 Å².